The van der Waals surface area contributed by atoms with Crippen LogP contribution in [0.4, 0.5) is 4.79 Å². The largest absolute Gasteiger partial charge is 0.497 e. The molecule has 158 valence electrons. The van der Waals surface area contributed by atoms with E-state index in [0.29, 0.717) is 16.9 Å². The van der Waals surface area contributed by atoms with Crippen LogP contribution in [0.3, 0.4) is 0 Å². The monoisotopic (exact) mass is 427 g/mol. The lowest BCUT2D eigenvalue weighted by Gasteiger charge is -2.23. The third-order valence-corrected chi connectivity index (χ3v) is 5.77. The zero-order valence-electron chi connectivity index (χ0n) is 17.2. The molecule has 3 aromatic rings. The second-order valence-corrected chi connectivity index (χ2v) is 7.65. The van der Waals surface area contributed by atoms with Crippen molar-refractivity contribution in [2.24, 2.45) is 0 Å². The van der Waals surface area contributed by atoms with E-state index in [1.165, 1.54) is 11.7 Å². The maximum atomic E-state index is 13.0. The van der Waals surface area contributed by atoms with E-state index in [-0.39, 0.29) is 12.5 Å². The van der Waals surface area contributed by atoms with E-state index < -0.39 is 17.5 Å². The van der Waals surface area contributed by atoms with Crippen molar-refractivity contribution in [2.75, 3.05) is 13.7 Å². The average Bonchev–Trinajstić information content (AvgIpc) is 3.29. The Hall–Kier alpha value is -4.33. The number of hydrogen-bond acceptors (Lipinski definition) is 5. The molecule has 1 saturated heterocycles. The van der Waals surface area contributed by atoms with Crippen molar-refractivity contribution in [2.45, 2.75) is 5.54 Å². The molecule has 3 heterocycles. The van der Waals surface area contributed by atoms with E-state index >= 15 is 0 Å². The number of rotatable bonds is 5. The number of nitrogens with zero attached hydrogens (tertiary/aromatic N) is 2. The Labute approximate surface area is 183 Å². The molecule has 0 unspecified atom stereocenters. The minimum atomic E-state index is -1.41. The number of nitrogens with one attached hydrogen (secondary N) is 2. The number of ether oxygens (including phenoxy) is 1. The number of fused-ring (bicyclic) bond motifs is 1. The number of imide groups is 1. The van der Waals surface area contributed by atoms with Crippen molar-refractivity contribution in [3.63, 3.8) is 0 Å². The normalized spacial score (nSPS) is 19.3. The highest BCUT2D eigenvalue weighted by atomic mass is 16.5. The number of aromatic nitrogens is 1. The standard InChI is InChI=1S/C24H18N4O4/c1-32-19-9-6-17-13-28(21(29)20(17)11-19)14-24(22(30)26-23(31)27-24)18-7-4-15(5-8-18)16-3-2-10-25-12-16/h2-13H,14H2,1H3,(H-,26,27,30,31)/p+1/t24-/m0/s1. The Morgan fingerprint density at radius 3 is 2.50 bits per heavy atom. The first kappa shape index (κ1) is 19.6. The Balaban J connectivity index is 1.51. The summed E-state index contributed by atoms with van der Waals surface area (Å²) in [6, 6.07) is 15.7. The zero-order chi connectivity index (χ0) is 22.3. The number of methoxy groups -OCH3 is 1. The van der Waals surface area contributed by atoms with Gasteiger partial charge in [0.15, 0.2) is 12.8 Å². The Bertz CT molecular complexity index is 1290. The van der Waals surface area contributed by atoms with Crippen molar-refractivity contribution in [3.8, 4) is 16.9 Å². The first-order valence-electron chi connectivity index (χ1n) is 9.98. The third-order valence-electron chi connectivity index (χ3n) is 5.77. The van der Waals surface area contributed by atoms with Gasteiger partial charge in [0.05, 0.1) is 12.7 Å². The molecule has 0 radical (unpaired) electrons. The molecular formula is C24H19N4O4+. The molecular weight excluding hydrogens is 408 g/mol. The van der Waals surface area contributed by atoms with Crippen LogP contribution in [0.25, 0.3) is 11.1 Å². The maximum Gasteiger partial charge on any atom is 0.420 e. The van der Waals surface area contributed by atoms with Crippen LogP contribution in [0, 0.1) is 0 Å². The van der Waals surface area contributed by atoms with Gasteiger partial charge in [-0.25, -0.2) is 9.59 Å². The smallest absolute Gasteiger partial charge is 0.420 e. The van der Waals surface area contributed by atoms with Gasteiger partial charge in [-0.15, -0.1) is 0 Å². The number of benzene rings is 2. The number of hydrogen-bond donors (Lipinski definition) is 2. The molecule has 8 nitrogen and oxygen atoms in total. The fourth-order valence-electron chi connectivity index (χ4n) is 4.09. The second kappa shape index (κ2) is 7.42. The molecule has 2 aliphatic rings. The molecule has 4 amide bonds. The van der Waals surface area contributed by atoms with Gasteiger partial charge in [-0.1, -0.05) is 30.3 Å². The summed E-state index contributed by atoms with van der Waals surface area (Å²) in [6.07, 6.45) is 5.13. The van der Waals surface area contributed by atoms with Crippen LogP contribution in [0.2, 0.25) is 0 Å². The summed E-state index contributed by atoms with van der Waals surface area (Å²) in [4.78, 5) is 42.2. The highest BCUT2D eigenvalue weighted by Gasteiger charge is 2.53. The Kier molecular flexibility index (Phi) is 4.55. The lowest BCUT2D eigenvalue weighted by atomic mass is 9.88. The van der Waals surface area contributed by atoms with Crippen LogP contribution in [0.1, 0.15) is 21.5 Å². The fourth-order valence-corrected chi connectivity index (χ4v) is 4.09. The molecule has 0 saturated carbocycles. The topological polar surface area (TPSA) is 100 Å². The Morgan fingerprint density at radius 1 is 1.03 bits per heavy atom. The van der Waals surface area contributed by atoms with E-state index in [1.807, 2.05) is 24.3 Å². The highest BCUT2D eigenvalue weighted by molar-refractivity contribution is 6.08. The number of pyridine rings is 1. The van der Waals surface area contributed by atoms with Gasteiger partial charge in [-0.05, 0) is 41.0 Å². The molecule has 2 aromatic carbocycles. The van der Waals surface area contributed by atoms with E-state index in [4.69, 9.17) is 4.74 Å². The van der Waals surface area contributed by atoms with Crippen LogP contribution in [-0.2, 0) is 10.3 Å². The van der Waals surface area contributed by atoms with Gasteiger partial charge < -0.3 is 10.1 Å². The summed E-state index contributed by atoms with van der Waals surface area (Å²) in [5.74, 6) is -0.203. The fraction of sp³-hybridized carbons (Fsp3) is 0.125. The maximum absolute atomic E-state index is 13.0. The molecule has 2 N–H and O–H groups in total. The van der Waals surface area contributed by atoms with E-state index in [0.717, 1.165) is 16.7 Å². The van der Waals surface area contributed by atoms with E-state index in [9.17, 15) is 14.4 Å². The number of urea groups is 1. The summed E-state index contributed by atoms with van der Waals surface area (Å²) in [5.41, 5.74) is 2.22. The lowest BCUT2D eigenvalue weighted by molar-refractivity contribution is -0.430. The molecule has 32 heavy (non-hydrogen) atoms. The minimum Gasteiger partial charge on any atom is -0.497 e. The van der Waals surface area contributed by atoms with Crippen LogP contribution >= 0.6 is 0 Å². The van der Waals surface area contributed by atoms with Gasteiger partial charge >= 0.3 is 11.9 Å². The van der Waals surface area contributed by atoms with Crippen LogP contribution in [0.15, 0.2) is 67.0 Å². The zero-order valence-corrected chi connectivity index (χ0v) is 17.2. The molecule has 1 aromatic heterocycles. The van der Waals surface area contributed by atoms with Gasteiger partial charge in [0, 0.05) is 12.4 Å². The van der Waals surface area contributed by atoms with Gasteiger partial charge in [-0.2, -0.15) is 4.58 Å². The third kappa shape index (κ3) is 3.13. The van der Waals surface area contributed by atoms with Gasteiger partial charge in [0.25, 0.3) is 5.91 Å². The molecule has 0 spiro atoms. The van der Waals surface area contributed by atoms with Gasteiger partial charge in [-0.3, -0.25) is 15.1 Å². The highest BCUT2D eigenvalue weighted by Crippen LogP contribution is 2.30. The molecule has 0 aliphatic carbocycles. The summed E-state index contributed by atoms with van der Waals surface area (Å²) in [6.45, 7) is -0.0490. The molecule has 0 bridgehead atoms. The first-order chi connectivity index (χ1) is 15.5. The summed E-state index contributed by atoms with van der Waals surface area (Å²) < 4.78 is 6.66. The molecule has 1 atom stereocenters. The SMILES string of the molecule is COc1ccc2c(c1)C(=O)[N+](C[C@@]1(c3ccc(-c4cccnc4)cc3)NC(=O)NC1=O)=C2. The van der Waals surface area contributed by atoms with Crippen LogP contribution < -0.4 is 15.4 Å². The average molecular weight is 427 g/mol. The van der Waals surface area contributed by atoms with Crippen molar-refractivity contribution < 1.29 is 23.7 Å². The van der Waals surface area contributed by atoms with E-state index in [2.05, 4.69) is 15.6 Å². The van der Waals surface area contributed by atoms with Crippen molar-refractivity contribution in [1.29, 1.82) is 0 Å². The van der Waals surface area contributed by atoms with Gasteiger partial charge in [0.2, 0.25) is 5.54 Å². The van der Waals surface area contributed by atoms with Crippen molar-refractivity contribution >= 4 is 24.1 Å². The summed E-state index contributed by atoms with van der Waals surface area (Å²) in [5, 5.41) is 5.05. The number of carbonyl (C=O) groups excluding carboxylic acids is 3. The predicted octanol–water partition coefficient (Wildman–Crippen LogP) is 2.08. The van der Waals surface area contributed by atoms with Crippen molar-refractivity contribution in [3.05, 3.63) is 83.7 Å². The number of carbonyl (C=O) groups is 3. The van der Waals surface area contributed by atoms with Crippen molar-refractivity contribution in [1.82, 2.24) is 15.6 Å². The number of amides is 4. The molecule has 1 fully saturated rings. The molecule has 5 rings (SSSR count). The minimum absolute atomic E-state index is 0.0490. The molecule has 8 heteroatoms. The summed E-state index contributed by atoms with van der Waals surface area (Å²) >= 11 is 0. The van der Waals surface area contributed by atoms with Gasteiger partial charge in [0.1, 0.15) is 11.3 Å². The summed E-state index contributed by atoms with van der Waals surface area (Å²) in [7, 11) is 1.53. The van der Waals surface area contributed by atoms with Crippen LogP contribution in [0.5, 0.6) is 5.75 Å². The Morgan fingerprint density at radius 2 is 1.84 bits per heavy atom. The lowest BCUT2D eigenvalue weighted by Crippen LogP contribution is -2.51. The van der Waals surface area contributed by atoms with E-state index in [1.54, 1.807) is 48.9 Å². The van der Waals surface area contributed by atoms with Crippen LogP contribution in [-0.4, -0.2) is 47.3 Å². The quantitative estimate of drug-likeness (QED) is 0.480. The molecule has 2 aliphatic heterocycles. The second-order valence-electron chi connectivity index (χ2n) is 7.65. The predicted molar refractivity (Wildman–Crippen MR) is 116 cm³/mol. The first-order valence-corrected chi connectivity index (χ1v) is 9.98.